The summed E-state index contributed by atoms with van der Waals surface area (Å²) in [4.78, 5) is 0. The van der Waals surface area contributed by atoms with Crippen molar-refractivity contribution in [3.63, 3.8) is 0 Å². The summed E-state index contributed by atoms with van der Waals surface area (Å²) in [6.07, 6.45) is 0.917. The average Bonchev–Trinajstić information content (AvgIpc) is 2.41. The van der Waals surface area contributed by atoms with Gasteiger partial charge in [-0.15, -0.1) is 0 Å². The van der Waals surface area contributed by atoms with Gasteiger partial charge in [-0.25, -0.2) is 0 Å². The number of hydrogen-bond acceptors (Lipinski definition) is 3. The molecule has 0 fully saturated rings. The summed E-state index contributed by atoms with van der Waals surface area (Å²) in [7, 11) is 1.63. The summed E-state index contributed by atoms with van der Waals surface area (Å²) in [6.45, 7) is 4.24. The Balaban J connectivity index is 2.49. The molecule has 112 valence electrons. The lowest BCUT2D eigenvalue weighted by atomic mass is 10.3. The highest BCUT2D eigenvalue weighted by Gasteiger charge is 2.08. The van der Waals surface area contributed by atoms with E-state index in [1.807, 2.05) is 19.1 Å². The molecule has 0 atom stereocenters. The van der Waals surface area contributed by atoms with Crippen molar-refractivity contribution in [3.05, 3.63) is 21.1 Å². The molecule has 20 heavy (non-hydrogen) atoms. The maximum absolute atomic E-state index is 5.26. The minimum absolute atomic E-state index is 0.576. The van der Waals surface area contributed by atoms with Crippen LogP contribution in [0.5, 0.6) is 5.75 Å². The van der Waals surface area contributed by atoms with Gasteiger partial charge in [-0.3, -0.25) is 0 Å². The smallest absolute Gasteiger partial charge is 0.170 e. The molecule has 1 aromatic rings. The molecule has 0 saturated carbocycles. The standard InChI is InChI=1S/C13H18Br2N2O2S/c1-3-19-6-4-5-16-13(20)17-11-8-12(18-2)10(15)7-9(11)14/h7-8H,3-6H2,1-2H3,(H2,16,17,20). The Hall–Kier alpha value is -0.370. The van der Waals surface area contributed by atoms with Crippen LogP contribution < -0.4 is 15.4 Å². The summed E-state index contributed by atoms with van der Waals surface area (Å²) in [5.74, 6) is 0.745. The molecule has 0 bridgehead atoms. The van der Waals surface area contributed by atoms with E-state index in [1.165, 1.54) is 0 Å². The third-order valence-corrected chi connectivity index (χ3v) is 3.97. The van der Waals surface area contributed by atoms with Crippen LogP contribution in [0.25, 0.3) is 0 Å². The molecule has 0 aromatic heterocycles. The second kappa shape index (κ2) is 9.55. The van der Waals surface area contributed by atoms with Crippen LogP contribution in [0.1, 0.15) is 13.3 Å². The van der Waals surface area contributed by atoms with Gasteiger partial charge in [-0.05, 0) is 63.5 Å². The van der Waals surface area contributed by atoms with Crippen molar-refractivity contribution < 1.29 is 9.47 Å². The van der Waals surface area contributed by atoms with Crippen LogP contribution in [0.2, 0.25) is 0 Å². The van der Waals surface area contributed by atoms with Gasteiger partial charge in [0.05, 0.1) is 17.3 Å². The molecule has 2 N–H and O–H groups in total. The molecular weight excluding hydrogens is 408 g/mol. The van der Waals surface area contributed by atoms with Crippen molar-refractivity contribution in [1.82, 2.24) is 5.32 Å². The van der Waals surface area contributed by atoms with E-state index in [9.17, 15) is 0 Å². The normalized spacial score (nSPS) is 10.2. The van der Waals surface area contributed by atoms with Crippen LogP contribution in [0, 0.1) is 0 Å². The average molecular weight is 426 g/mol. The summed E-state index contributed by atoms with van der Waals surface area (Å²) < 4.78 is 12.3. The number of thiocarbonyl (C=S) groups is 1. The number of rotatable bonds is 7. The summed E-state index contributed by atoms with van der Waals surface area (Å²) in [5.41, 5.74) is 0.854. The number of nitrogens with one attached hydrogen (secondary N) is 2. The molecule has 0 aliphatic carbocycles. The van der Waals surface area contributed by atoms with E-state index in [0.29, 0.717) is 5.11 Å². The van der Waals surface area contributed by atoms with Crippen molar-refractivity contribution in [1.29, 1.82) is 0 Å². The van der Waals surface area contributed by atoms with Gasteiger partial charge >= 0.3 is 0 Å². The van der Waals surface area contributed by atoms with Crippen LogP contribution in [-0.4, -0.2) is 32.0 Å². The molecule has 0 aliphatic rings. The van der Waals surface area contributed by atoms with Gasteiger partial charge in [0.2, 0.25) is 0 Å². The number of benzene rings is 1. The predicted octanol–water partition coefficient (Wildman–Crippen LogP) is 3.93. The SMILES string of the molecule is CCOCCCNC(=S)Nc1cc(OC)c(Br)cc1Br. The molecule has 0 radical (unpaired) electrons. The second-order valence-corrected chi connectivity index (χ2v) is 6.01. The molecule has 0 unspecified atom stereocenters. The fourth-order valence-corrected chi connectivity index (χ4v) is 2.94. The van der Waals surface area contributed by atoms with Crippen molar-refractivity contribution in [2.24, 2.45) is 0 Å². The highest BCUT2D eigenvalue weighted by molar-refractivity contribution is 9.11. The molecule has 0 aliphatic heterocycles. The number of ether oxygens (including phenoxy) is 2. The second-order valence-electron chi connectivity index (χ2n) is 3.90. The van der Waals surface area contributed by atoms with Gasteiger partial charge in [-0.1, -0.05) is 0 Å². The van der Waals surface area contributed by atoms with E-state index in [2.05, 4.69) is 42.5 Å². The lowest BCUT2D eigenvalue weighted by Crippen LogP contribution is -2.30. The Morgan fingerprint density at radius 1 is 1.30 bits per heavy atom. The van der Waals surface area contributed by atoms with Gasteiger partial charge in [0, 0.05) is 30.3 Å². The van der Waals surface area contributed by atoms with Crippen LogP contribution in [0.15, 0.2) is 21.1 Å². The van der Waals surface area contributed by atoms with Crippen molar-refractivity contribution in [3.8, 4) is 5.75 Å². The van der Waals surface area contributed by atoms with E-state index >= 15 is 0 Å². The van der Waals surface area contributed by atoms with E-state index in [1.54, 1.807) is 7.11 Å². The Labute approximate surface area is 141 Å². The Bertz CT molecular complexity index is 458. The lowest BCUT2D eigenvalue weighted by Gasteiger charge is -2.14. The summed E-state index contributed by atoms with van der Waals surface area (Å²) in [6, 6.07) is 3.79. The molecule has 0 amide bonds. The Kier molecular flexibility index (Phi) is 8.44. The van der Waals surface area contributed by atoms with Crippen molar-refractivity contribution >= 4 is 54.9 Å². The third kappa shape index (κ3) is 5.95. The highest BCUT2D eigenvalue weighted by atomic mass is 79.9. The van der Waals surface area contributed by atoms with Crippen LogP contribution in [-0.2, 0) is 4.74 Å². The fraction of sp³-hybridized carbons (Fsp3) is 0.462. The van der Waals surface area contributed by atoms with E-state index in [-0.39, 0.29) is 0 Å². The fourth-order valence-electron chi connectivity index (χ4n) is 1.47. The molecular formula is C13H18Br2N2O2S. The molecule has 0 saturated heterocycles. The number of halogens is 2. The summed E-state index contributed by atoms with van der Waals surface area (Å²) in [5, 5.41) is 6.85. The quantitative estimate of drug-likeness (QED) is 0.511. The first-order chi connectivity index (χ1) is 9.58. The number of hydrogen-bond donors (Lipinski definition) is 2. The van der Waals surface area contributed by atoms with Crippen LogP contribution >= 0.6 is 44.1 Å². The molecule has 7 heteroatoms. The van der Waals surface area contributed by atoms with E-state index in [0.717, 1.165) is 46.6 Å². The van der Waals surface area contributed by atoms with Gasteiger partial charge in [0.25, 0.3) is 0 Å². The van der Waals surface area contributed by atoms with Crippen LogP contribution in [0.4, 0.5) is 5.69 Å². The maximum atomic E-state index is 5.26. The molecule has 1 aromatic carbocycles. The first kappa shape index (κ1) is 17.7. The van der Waals surface area contributed by atoms with Gasteiger partial charge < -0.3 is 20.1 Å². The lowest BCUT2D eigenvalue weighted by molar-refractivity contribution is 0.146. The minimum atomic E-state index is 0.576. The highest BCUT2D eigenvalue weighted by Crippen LogP contribution is 2.34. The number of methoxy groups -OCH3 is 1. The zero-order valence-electron chi connectivity index (χ0n) is 11.5. The predicted molar refractivity (Wildman–Crippen MR) is 93.7 cm³/mol. The van der Waals surface area contributed by atoms with E-state index < -0.39 is 0 Å². The van der Waals surface area contributed by atoms with E-state index in [4.69, 9.17) is 21.7 Å². The largest absolute Gasteiger partial charge is 0.495 e. The zero-order valence-corrected chi connectivity index (χ0v) is 15.5. The monoisotopic (exact) mass is 424 g/mol. The first-order valence-electron chi connectivity index (χ1n) is 6.24. The van der Waals surface area contributed by atoms with Gasteiger partial charge in [0.1, 0.15) is 5.75 Å². The molecule has 4 nitrogen and oxygen atoms in total. The number of anilines is 1. The molecule has 0 heterocycles. The zero-order chi connectivity index (χ0) is 15.0. The van der Waals surface area contributed by atoms with Crippen molar-refractivity contribution in [2.75, 3.05) is 32.2 Å². The Morgan fingerprint density at radius 3 is 2.70 bits per heavy atom. The molecule has 0 spiro atoms. The minimum Gasteiger partial charge on any atom is -0.495 e. The maximum Gasteiger partial charge on any atom is 0.170 e. The van der Waals surface area contributed by atoms with Gasteiger partial charge in [0.15, 0.2) is 5.11 Å². The Morgan fingerprint density at radius 2 is 2.05 bits per heavy atom. The van der Waals surface area contributed by atoms with Crippen molar-refractivity contribution in [2.45, 2.75) is 13.3 Å². The van der Waals surface area contributed by atoms with Crippen LogP contribution in [0.3, 0.4) is 0 Å². The van der Waals surface area contributed by atoms with Gasteiger partial charge in [-0.2, -0.15) is 0 Å². The third-order valence-electron chi connectivity index (χ3n) is 2.44. The summed E-state index contributed by atoms with van der Waals surface area (Å²) >= 11 is 12.2. The topological polar surface area (TPSA) is 42.5 Å². The first-order valence-corrected chi connectivity index (χ1v) is 8.23. The molecule has 1 rings (SSSR count).